The van der Waals surface area contributed by atoms with Crippen LogP contribution in [0.25, 0.3) is 0 Å². The van der Waals surface area contributed by atoms with Crippen molar-refractivity contribution >= 4 is 24.1 Å². The summed E-state index contributed by atoms with van der Waals surface area (Å²) in [6, 6.07) is 8.93. The van der Waals surface area contributed by atoms with Crippen LogP contribution in [0.15, 0.2) is 30.3 Å². The van der Waals surface area contributed by atoms with Gasteiger partial charge in [0.2, 0.25) is 0 Å². The van der Waals surface area contributed by atoms with Crippen LogP contribution in [-0.4, -0.2) is 30.4 Å². The molecule has 0 radical (unpaired) electrons. The Morgan fingerprint density at radius 1 is 1.44 bits per heavy atom. The zero-order valence-corrected chi connectivity index (χ0v) is 11.1. The molecule has 0 spiro atoms. The van der Waals surface area contributed by atoms with Crippen molar-refractivity contribution in [2.45, 2.75) is 19.1 Å². The van der Waals surface area contributed by atoms with Crippen molar-refractivity contribution < 1.29 is 14.3 Å². The van der Waals surface area contributed by atoms with E-state index in [4.69, 9.17) is 4.74 Å². The number of nitrogens with one attached hydrogen (secondary N) is 1. The number of amides is 1. The fraction of sp³-hybridized carbons (Fsp3) is 0.385. The molecule has 0 bridgehead atoms. The van der Waals surface area contributed by atoms with Crippen molar-refractivity contribution in [3.05, 3.63) is 35.9 Å². The summed E-state index contributed by atoms with van der Waals surface area (Å²) in [5.41, 5.74) is 0.916. The number of ether oxygens (including phenoxy) is 1. The fourth-order valence-electron chi connectivity index (χ4n) is 1.34. The number of benzene rings is 1. The number of rotatable bonds is 7. The number of hydrogen-bond acceptors (Lipinski definition) is 4. The maximum Gasteiger partial charge on any atom is 0.408 e. The normalized spacial score (nSPS) is 11.6. The van der Waals surface area contributed by atoms with Gasteiger partial charge in [-0.3, -0.25) is 0 Å². The van der Waals surface area contributed by atoms with Crippen molar-refractivity contribution in [3.63, 3.8) is 0 Å². The second-order valence-electron chi connectivity index (χ2n) is 3.73. The highest BCUT2D eigenvalue weighted by Gasteiger charge is 2.11. The zero-order valence-electron chi connectivity index (χ0n) is 10.3. The van der Waals surface area contributed by atoms with Crippen molar-refractivity contribution in [1.29, 1.82) is 0 Å². The van der Waals surface area contributed by atoms with E-state index in [9.17, 15) is 9.59 Å². The van der Waals surface area contributed by atoms with Gasteiger partial charge in [0, 0.05) is 0 Å². The van der Waals surface area contributed by atoms with Crippen LogP contribution < -0.4 is 5.32 Å². The highest BCUT2D eigenvalue weighted by atomic mass is 32.2. The second-order valence-corrected chi connectivity index (χ2v) is 4.72. The topological polar surface area (TPSA) is 55.4 Å². The molecule has 0 aliphatic rings. The maximum absolute atomic E-state index is 11.4. The van der Waals surface area contributed by atoms with E-state index in [1.807, 2.05) is 36.6 Å². The first kappa shape index (κ1) is 14.6. The first-order valence-electron chi connectivity index (χ1n) is 5.67. The minimum Gasteiger partial charge on any atom is -0.445 e. The number of thioether (sulfide) groups is 1. The zero-order chi connectivity index (χ0) is 13.2. The Labute approximate surface area is 111 Å². The lowest BCUT2D eigenvalue weighted by atomic mass is 10.2. The molecule has 0 aliphatic carbocycles. The van der Waals surface area contributed by atoms with Gasteiger partial charge in [-0.1, -0.05) is 30.3 Å². The van der Waals surface area contributed by atoms with Crippen LogP contribution in [0.1, 0.15) is 12.0 Å². The third-order valence-corrected chi connectivity index (χ3v) is 2.96. The van der Waals surface area contributed by atoms with Crippen molar-refractivity contribution in [2.24, 2.45) is 0 Å². The van der Waals surface area contributed by atoms with Gasteiger partial charge in [0.15, 0.2) is 0 Å². The number of carbonyl (C=O) groups excluding carboxylic acids is 2. The molecular weight excluding hydrogens is 250 g/mol. The molecule has 1 rings (SSSR count). The molecule has 0 saturated heterocycles. The molecule has 0 saturated carbocycles. The monoisotopic (exact) mass is 267 g/mol. The average Bonchev–Trinajstić information content (AvgIpc) is 2.42. The summed E-state index contributed by atoms with van der Waals surface area (Å²) in [5.74, 6) is 0.822. The van der Waals surface area contributed by atoms with Crippen LogP contribution in [0.5, 0.6) is 0 Å². The van der Waals surface area contributed by atoms with Gasteiger partial charge >= 0.3 is 6.09 Å². The molecule has 1 amide bonds. The fourth-order valence-corrected chi connectivity index (χ4v) is 1.82. The average molecular weight is 267 g/mol. The molecule has 1 atom stereocenters. The first-order valence-corrected chi connectivity index (χ1v) is 7.07. The Morgan fingerprint density at radius 2 is 2.17 bits per heavy atom. The van der Waals surface area contributed by atoms with Gasteiger partial charge in [-0.2, -0.15) is 11.8 Å². The number of alkyl carbamates (subject to hydrolysis) is 1. The molecule has 1 aromatic rings. The second kappa shape index (κ2) is 8.58. The van der Waals surface area contributed by atoms with Crippen LogP contribution in [0.3, 0.4) is 0 Å². The van der Waals surface area contributed by atoms with Crippen molar-refractivity contribution in [2.75, 3.05) is 12.0 Å². The van der Waals surface area contributed by atoms with Gasteiger partial charge in [0.1, 0.15) is 12.9 Å². The van der Waals surface area contributed by atoms with Crippen LogP contribution in [0.4, 0.5) is 4.79 Å². The molecule has 0 heterocycles. The molecule has 5 heteroatoms. The summed E-state index contributed by atoms with van der Waals surface area (Å²) in [6.45, 7) is 0.209. The smallest absolute Gasteiger partial charge is 0.408 e. The maximum atomic E-state index is 11.4. The molecule has 0 unspecified atom stereocenters. The molecule has 18 heavy (non-hydrogen) atoms. The predicted octanol–water partition coefficient (Wildman–Crippen LogP) is 2.23. The number of hydrogen-bond donors (Lipinski definition) is 1. The van der Waals surface area contributed by atoms with Gasteiger partial charge in [-0.05, 0) is 24.0 Å². The van der Waals surface area contributed by atoms with Crippen LogP contribution >= 0.6 is 11.8 Å². The van der Waals surface area contributed by atoms with Gasteiger partial charge in [-0.15, -0.1) is 0 Å². The summed E-state index contributed by atoms with van der Waals surface area (Å²) in [5, 5.41) is 2.53. The predicted molar refractivity (Wildman–Crippen MR) is 72.6 cm³/mol. The largest absolute Gasteiger partial charge is 0.445 e. The van der Waals surface area contributed by atoms with Crippen LogP contribution in [0.2, 0.25) is 0 Å². The van der Waals surface area contributed by atoms with E-state index in [1.54, 1.807) is 11.8 Å². The van der Waals surface area contributed by atoms with E-state index in [1.165, 1.54) is 0 Å². The van der Waals surface area contributed by atoms with Gasteiger partial charge in [0.05, 0.1) is 6.04 Å². The first-order chi connectivity index (χ1) is 8.76. The van der Waals surface area contributed by atoms with E-state index in [0.717, 1.165) is 17.6 Å². The standard InChI is InChI=1S/C13H17NO3S/c1-18-8-7-12(9-15)14-13(16)17-10-11-5-3-2-4-6-11/h2-6,9,12H,7-8,10H2,1H3,(H,14,16)/t12-/m0/s1. The SMILES string of the molecule is CSCC[C@@H](C=O)NC(=O)OCc1ccccc1. The summed E-state index contributed by atoms with van der Waals surface area (Å²) in [4.78, 5) is 22.2. The highest BCUT2D eigenvalue weighted by molar-refractivity contribution is 7.98. The molecule has 0 aliphatic heterocycles. The van der Waals surface area contributed by atoms with Crippen LogP contribution in [-0.2, 0) is 16.1 Å². The minimum atomic E-state index is -0.558. The van der Waals surface area contributed by atoms with Gasteiger partial charge in [-0.25, -0.2) is 4.79 Å². The number of aldehydes is 1. The molecule has 1 N–H and O–H groups in total. The van der Waals surface area contributed by atoms with E-state index in [0.29, 0.717) is 6.42 Å². The Balaban J connectivity index is 2.30. The lowest BCUT2D eigenvalue weighted by Crippen LogP contribution is -2.36. The Kier molecular flexibility index (Phi) is 6.94. The lowest BCUT2D eigenvalue weighted by Gasteiger charge is -2.12. The molecule has 1 aromatic carbocycles. The summed E-state index contributed by atoms with van der Waals surface area (Å²) in [6.07, 6.45) is 2.75. The Bertz CT molecular complexity index is 370. The molecule has 4 nitrogen and oxygen atoms in total. The van der Waals surface area contributed by atoms with E-state index in [2.05, 4.69) is 5.32 Å². The van der Waals surface area contributed by atoms with Gasteiger partial charge < -0.3 is 14.8 Å². The van der Waals surface area contributed by atoms with Gasteiger partial charge in [0.25, 0.3) is 0 Å². The third kappa shape index (κ3) is 5.72. The third-order valence-electron chi connectivity index (χ3n) is 2.31. The molecular formula is C13H17NO3S. The summed E-state index contributed by atoms with van der Waals surface area (Å²) < 4.78 is 5.02. The van der Waals surface area contributed by atoms with E-state index < -0.39 is 12.1 Å². The highest BCUT2D eigenvalue weighted by Crippen LogP contribution is 2.02. The number of carbonyl (C=O) groups is 2. The van der Waals surface area contributed by atoms with Crippen molar-refractivity contribution in [3.8, 4) is 0 Å². The molecule has 0 aromatic heterocycles. The van der Waals surface area contributed by atoms with E-state index >= 15 is 0 Å². The Morgan fingerprint density at radius 3 is 2.78 bits per heavy atom. The van der Waals surface area contributed by atoms with Crippen LogP contribution in [0, 0.1) is 0 Å². The van der Waals surface area contributed by atoms with Crippen molar-refractivity contribution in [1.82, 2.24) is 5.32 Å². The summed E-state index contributed by atoms with van der Waals surface area (Å²) in [7, 11) is 0. The minimum absolute atomic E-state index is 0.209. The Hall–Kier alpha value is -1.49. The molecule has 98 valence electrons. The quantitative estimate of drug-likeness (QED) is 0.770. The van der Waals surface area contributed by atoms with E-state index in [-0.39, 0.29) is 6.61 Å². The molecule has 0 fully saturated rings. The lowest BCUT2D eigenvalue weighted by molar-refractivity contribution is -0.109. The summed E-state index contributed by atoms with van der Waals surface area (Å²) >= 11 is 1.63.